The predicted octanol–water partition coefficient (Wildman–Crippen LogP) is 4.68. The van der Waals surface area contributed by atoms with E-state index < -0.39 is 0 Å². The van der Waals surface area contributed by atoms with Gasteiger partial charge in [0, 0.05) is 16.6 Å². The number of carbonyl (C=O) groups excluding carboxylic acids is 1. The molecule has 1 aliphatic rings. The van der Waals surface area contributed by atoms with Gasteiger partial charge in [-0.1, -0.05) is 42.1 Å². The number of carbonyl (C=O) groups is 1. The van der Waals surface area contributed by atoms with Gasteiger partial charge in [-0.3, -0.25) is 4.79 Å². The quantitative estimate of drug-likeness (QED) is 0.622. The minimum absolute atomic E-state index is 0.148. The lowest BCUT2D eigenvalue weighted by Gasteiger charge is -2.12. The molecule has 5 nitrogen and oxygen atoms in total. The summed E-state index contributed by atoms with van der Waals surface area (Å²) < 4.78 is 0. The number of hydrogen-bond donors (Lipinski definition) is 1. The first-order valence-corrected chi connectivity index (χ1v) is 10.8. The molecule has 1 amide bonds. The van der Waals surface area contributed by atoms with Crippen LogP contribution >= 0.6 is 23.1 Å². The van der Waals surface area contributed by atoms with Crippen molar-refractivity contribution in [3.8, 4) is 17.3 Å². The van der Waals surface area contributed by atoms with E-state index in [1.807, 2.05) is 48.7 Å². The molecular formula is C21H18N4OS2. The van der Waals surface area contributed by atoms with Crippen LogP contribution in [0.1, 0.15) is 30.2 Å². The SMILES string of the molecule is CC(Sc1nc2c(cc1C#N)CCC2)C(=O)Nc1nc(-c2ccccc2)cs1. The van der Waals surface area contributed by atoms with Crippen LogP contribution in [0.5, 0.6) is 0 Å². The number of amides is 1. The van der Waals surface area contributed by atoms with Gasteiger partial charge in [-0.2, -0.15) is 5.26 Å². The van der Waals surface area contributed by atoms with Crippen LogP contribution in [-0.4, -0.2) is 21.1 Å². The number of nitriles is 1. The first kappa shape index (κ1) is 18.7. The number of aromatic nitrogens is 2. The summed E-state index contributed by atoms with van der Waals surface area (Å²) in [6.07, 6.45) is 2.99. The van der Waals surface area contributed by atoms with Crippen molar-refractivity contribution in [3.05, 3.63) is 58.6 Å². The number of thiazole rings is 1. The minimum Gasteiger partial charge on any atom is -0.301 e. The van der Waals surface area contributed by atoms with Crippen LogP contribution < -0.4 is 5.32 Å². The standard InChI is InChI=1S/C21H18N4OS2/c1-13(28-20-16(11-22)10-15-8-5-9-17(15)23-20)19(26)25-21-24-18(12-27-21)14-6-3-2-4-7-14/h2-4,6-7,10,12-13H,5,8-9H2,1H3,(H,24,25,26). The van der Waals surface area contributed by atoms with Crippen LogP contribution in [0.25, 0.3) is 11.3 Å². The molecule has 1 N–H and O–H groups in total. The Kier molecular flexibility index (Phi) is 5.42. The second-order valence-electron chi connectivity index (χ2n) is 6.57. The first-order chi connectivity index (χ1) is 13.6. The summed E-state index contributed by atoms with van der Waals surface area (Å²) >= 11 is 2.72. The highest BCUT2D eigenvalue weighted by atomic mass is 32.2. The maximum absolute atomic E-state index is 12.6. The van der Waals surface area contributed by atoms with Gasteiger partial charge < -0.3 is 5.32 Å². The molecule has 1 aromatic carbocycles. The van der Waals surface area contributed by atoms with Crippen molar-refractivity contribution in [2.45, 2.75) is 36.5 Å². The van der Waals surface area contributed by atoms with Crippen molar-refractivity contribution < 1.29 is 4.79 Å². The van der Waals surface area contributed by atoms with E-state index in [4.69, 9.17) is 0 Å². The van der Waals surface area contributed by atoms with Crippen molar-refractivity contribution in [3.63, 3.8) is 0 Å². The number of aryl methyl sites for hydroxylation is 2. The van der Waals surface area contributed by atoms with E-state index in [2.05, 4.69) is 21.4 Å². The molecule has 0 radical (unpaired) electrons. The molecule has 2 aromatic heterocycles. The van der Waals surface area contributed by atoms with Crippen molar-refractivity contribution in [1.82, 2.24) is 9.97 Å². The Labute approximate surface area is 171 Å². The first-order valence-electron chi connectivity index (χ1n) is 9.05. The van der Waals surface area contributed by atoms with Gasteiger partial charge in [0.05, 0.1) is 16.5 Å². The number of fused-ring (bicyclic) bond motifs is 1. The smallest absolute Gasteiger partial charge is 0.239 e. The Morgan fingerprint density at radius 1 is 1.29 bits per heavy atom. The molecule has 28 heavy (non-hydrogen) atoms. The third-order valence-electron chi connectivity index (χ3n) is 4.60. The van der Waals surface area contributed by atoms with Crippen LogP contribution in [0.2, 0.25) is 0 Å². The molecule has 0 saturated carbocycles. The molecule has 0 bridgehead atoms. The van der Waals surface area contributed by atoms with Crippen LogP contribution in [0.15, 0.2) is 46.8 Å². The highest BCUT2D eigenvalue weighted by molar-refractivity contribution is 8.00. The average molecular weight is 407 g/mol. The van der Waals surface area contributed by atoms with Crippen molar-refractivity contribution in [2.75, 3.05) is 5.32 Å². The topological polar surface area (TPSA) is 78.7 Å². The highest BCUT2D eigenvalue weighted by Crippen LogP contribution is 2.31. The molecule has 2 heterocycles. The van der Waals surface area contributed by atoms with Gasteiger partial charge in [-0.15, -0.1) is 11.3 Å². The van der Waals surface area contributed by atoms with Crippen molar-refractivity contribution in [1.29, 1.82) is 5.26 Å². The van der Waals surface area contributed by atoms with E-state index in [-0.39, 0.29) is 11.2 Å². The summed E-state index contributed by atoms with van der Waals surface area (Å²) in [5, 5.41) is 15.1. The van der Waals surface area contributed by atoms with Gasteiger partial charge in [-0.05, 0) is 37.8 Å². The zero-order valence-corrected chi connectivity index (χ0v) is 16.9. The fourth-order valence-electron chi connectivity index (χ4n) is 3.12. The minimum atomic E-state index is -0.386. The summed E-state index contributed by atoms with van der Waals surface area (Å²) in [7, 11) is 0. The Morgan fingerprint density at radius 3 is 2.89 bits per heavy atom. The Bertz CT molecular complexity index is 1060. The van der Waals surface area contributed by atoms with Crippen molar-refractivity contribution in [2.24, 2.45) is 0 Å². The lowest BCUT2D eigenvalue weighted by atomic mass is 10.2. The van der Waals surface area contributed by atoms with E-state index in [0.29, 0.717) is 15.7 Å². The van der Waals surface area contributed by atoms with Crippen LogP contribution in [0.3, 0.4) is 0 Å². The Hall–Kier alpha value is -2.69. The van der Waals surface area contributed by atoms with Crippen LogP contribution in [0, 0.1) is 11.3 Å². The number of nitrogens with one attached hydrogen (secondary N) is 1. The number of anilines is 1. The fraction of sp³-hybridized carbons (Fsp3) is 0.238. The highest BCUT2D eigenvalue weighted by Gasteiger charge is 2.22. The summed E-state index contributed by atoms with van der Waals surface area (Å²) in [5.74, 6) is -0.148. The van der Waals surface area contributed by atoms with E-state index in [1.54, 1.807) is 0 Å². The zero-order valence-electron chi connectivity index (χ0n) is 15.3. The van der Waals surface area contributed by atoms with Gasteiger partial charge in [0.25, 0.3) is 0 Å². The van der Waals surface area contributed by atoms with Crippen LogP contribution in [-0.2, 0) is 17.6 Å². The number of hydrogen-bond acceptors (Lipinski definition) is 6. The third-order valence-corrected chi connectivity index (χ3v) is 6.46. The average Bonchev–Trinajstić information content (AvgIpc) is 3.37. The largest absolute Gasteiger partial charge is 0.301 e. The summed E-state index contributed by atoms with van der Waals surface area (Å²) in [6, 6.07) is 14.0. The molecule has 4 rings (SSSR count). The van der Waals surface area contributed by atoms with E-state index in [0.717, 1.165) is 41.8 Å². The number of rotatable bonds is 5. The molecule has 0 fully saturated rings. The number of nitrogens with zero attached hydrogens (tertiary/aromatic N) is 3. The molecule has 0 spiro atoms. The molecule has 1 aliphatic carbocycles. The summed E-state index contributed by atoms with van der Waals surface area (Å²) in [4.78, 5) is 21.8. The maximum atomic E-state index is 12.6. The second-order valence-corrected chi connectivity index (χ2v) is 8.75. The molecule has 7 heteroatoms. The summed E-state index contributed by atoms with van der Waals surface area (Å²) in [6.45, 7) is 1.82. The molecular weight excluding hydrogens is 388 g/mol. The van der Waals surface area contributed by atoms with Crippen LogP contribution in [0.4, 0.5) is 5.13 Å². The van der Waals surface area contributed by atoms with E-state index >= 15 is 0 Å². The fourth-order valence-corrected chi connectivity index (χ4v) is 4.74. The summed E-state index contributed by atoms with van der Waals surface area (Å²) in [5.41, 5.74) is 4.62. The number of benzene rings is 1. The Morgan fingerprint density at radius 2 is 2.11 bits per heavy atom. The van der Waals surface area contributed by atoms with Gasteiger partial charge >= 0.3 is 0 Å². The Balaban J connectivity index is 1.45. The van der Waals surface area contributed by atoms with E-state index in [9.17, 15) is 10.1 Å². The third kappa shape index (κ3) is 3.93. The normalized spacial score (nSPS) is 13.6. The molecule has 1 atom stereocenters. The number of thioether (sulfide) groups is 1. The number of pyridine rings is 1. The van der Waals surface area contributed by atoms with Gasteiger partial charge in [0.1, 0.15) is 11.1 Å². The molecule has 0 saturated heterocycles. The lowest BCUT2D eigenvalue weighted by Crippen LogP contribution is -2.22. The van der Waals surface area contributed by atoms with Gasteiger partial charge in [0.15, 0.2) is 5.13 Å². The lowest BCUT2D eigenvalue weighted by molar-refractivity contribution is -0.115. The zero-order chi connectivity index (χ0) is 19.5. The second kappa shape index (κ2) is 8.13. The van der Waals surface area contributed by atoms with Gasteiger partial charge in [0.2, 0.25) is 5.91 Å². The molecule has 0 aliphatic heterocycles. The maximum Gasteiger partial charge on any atom is 0.239 e. The van der Waals surface area contributed by atoms with Crippen molar-refractivity contribution >= 4 is 34.1 Å². The predicted molar refractivity (Wildman–Crippen MR) is 112 cm³/mol. The molecule has 3 aromatic rings. The molecule has 1 unspecified atom stereocenters. The monoisotopic (exact) mass is 406 g/mol. The molecule has 140 valence electrons. The van der Waals surface area contributed by atoms with E-state index in [1.165, 1.54) is 23.1 Å². The van der Waals surface area contributed by atoms with Gasteiger partial charge in [-0.25, -0.2) is 9.97 Å².